The van der Waals surface area contributed by atoms with Gasteiger partial charge in [0.05, 0.1) is 11.0 Å². The smallest absolute Gasteiger partial charge is 0.240 e. The molecule has 0 bridgehead atoms. The molecule has 0 atom stereocenters. The van der Waals surface area contributed by atoms with Crippen molar-refractivity contribution in [3.8, 4) is 22.9 Å². The number of aromatic nitrogens is 2. The molecule has 7 heteroatoms. The van der Waals surface area contributed by atoms with E-state index in [4.69, 9.17) is 19.7 Å². The van der Waals surface area contributed by atoms with Crippen molar-refractivity contribution in [1.29, 1.82) is 0 Å². The summed E-state index contributed by atoms with van der Waals surface area (Å²) in [5.41, 5.74) is 7.45. The number of benzene rings is 1. The number of nitrogens with zero attached hydrogens (tertiary/aromatic N) is 2. The van der Waals surface area contributed by atoms with Gasteiger partial charge >= 0.3 is 0 Å². The van der Waals surface area contributed by atoms with E-state index < -0.39 is 0 Å². The predicted molar refractivity (Wildman–Crippen MR) is 80.4 cm³/mol. The van der Waals surface area contributed by atoms with Gasteiger partial charge in [-0.05, 0) is 33.5 Å². The maximum Gasteiger partial charge on any atom is 0.240 e. The minimum atomic E-state index is 0.218. The quantitative estimate of drug-likeness (QED) is 0.913. The van der Waals surface area contributed by atoms with Crippen molar-refractivity contribution in [1.82, 2.24) is 10.1 Å². The van der Waals surface area contributed by atoms with Crippen LogP contribution in [0.25, 0.3) is 11.4 Å². The summed E-state index contributed by atoms with van der Waals surface area (Å²) in [4.78, 5) is 4.31. The summed E-state index contributed by atoms with van der Waals surface area (Å²) >= 11 is 3.62. The van der Waals surface area contributed by atoms with Gasteiger partial charge in [0.15, 0.2) is 11.5 Å². The van der Waals surface area contributed by atoms with Crippen molar-refractivity contribution in [2.75, 3.05) is 13.2 Å². The summed E-state index contributed by atoms with van der Waals surface area (Å²) in [5, 5.41) is 4.01. The molecule has 0 amide bonds. The Morgan fingerprint density at radius 3 is 2.76 bits per heavy atom. The van der Waals surface area contributed by atoms with Crippen molar-refractivity contribution in [3.05, 3.63) is 22.0 Å². The SMILES string of the molecule is CC(C)c1c(-c2noc(CN)n2)cc2c(c1Br)OCCO2. The predicted octanol–water partition coefficient (Wildman–Crippen LogP) is 2.85. The third-order valence-electron chi connectivity index (χ3n) is 3.27. The van der Waals surface area contributed by atoms with Crippen molar-refractivity contribution in [3.63, 3.8) is 0 Å². The van der Waals surface area contributed by atoms with Crippen LogP contribution in [0.1, 0.15) is 31.2 Å². The highest BCUT2D eigenvalue weighted by atomic mass is 79.9. The van der Waals surface area contributed by atoms with Crippen LogP contribution in [0, 0.1) is 0 Å². The lowest BCUT2D eigenvalue weighted by Gasteiger charge is -2.23. The monoisotopic (exact) mass is 353 g/mol. The lowest BCUT2D eigenvalue weighted by Crippen LogP contribution is -2.16. The third-order valence-corrected chi connectivity index (χ3v) is 4.06. The molecule has 0 radical (unpaired) electrons. The molecule has 1 aliphatic heterocycles. The van der Waals surface area contributed by atoms with Crippen LogP contribution in [0.3, 0.4) is 0 Å². The highest BCUT2D eigenvalue weighted by molar-refractivity contribution is 9.10. The minimum absolute atomic E-state index is 0.218. The van der Waals surface area contributed by atoms with Gasteiger partial charge in [-0.25, -0.2) is 0 Å². The standard InChI is InChI=1S/C14H16BrN3O3/c1-7(2)11-8(14-17-10(6-16)21-18-14)5-9-13(12(11)15)20-4-3-19-9/h5,7H,3-4,6,16H2,1-2H3. The number of hydrogen-bond acceptors (Lipinski definition) is 6. The summed E-state index contributed by atoms with van der Waals surface area (Å²) in [5.74, 6) is 2.59. The number of ether oxygens (including phenoxy) is 2. The number of halogens is 1. The second kappa shape index (κ2) is 5.65. The summed E-state index contributed by atoms with van der Waals surface area (Å²) in [6.45, 7) is 5.49. The molecule has 0 unspecified atom stereocenters. The van der Waals surface area contributed by atoms with E-state index in [9.17, 15) is 0 Å². The largest absolute Gasteiger partial charge is 0.486 e. The van der Waals surface area contributed by atoms with E-state index in [2.05, 4.69) is 39.9 Å². The van der Waals surface area contributed by atoms with Crippen molar-refractivity contribution < 1.29 is 14.0 Å². The molecule has 0 saturated carbocycles. The second-order valence-electron chi connectivity index (χ2n) is 5.05. The zero-order valence-corrected chi connectivity index (χ0v) is 13.4. The minimum Gasteiger partial charge on any atom is -0.486 e. The van der Waals surface area contributed by atoms with Crippen molar-refractivity contribution in [2.24, 2.45) is 5.73 Å². The first-order chi connectivity index (χ1) is 10.1. The fourth-order valence-corrected chi connectivity index (χ4v) is 3.34. The Morgan fingerprint density at radius 2 is 2.10 bits per heavy atom. The Bertz CT molecular complexity index is 670. The van der Waals surface area contributed by atoms with Gasteiger partial charge in [-0.2, -0.15) is 4.98 Å². The van der Waals surface area contributed by atoms with E-state index in [1.807, 2.05) is 6.07 Å². The van der Waals surface area contributed by atoms with Crippen LogP contribution in [0.4, 0.5) is 0 Å². The molecule has 1 aromatic heterocycles. The number of rotatable bonds is 3. The Hall–Kier alpha value is -1.60. The molecule has 1 aromatic carbocycles. The maximum atomic E-state index is 5.71. The second-order valence-corrected chi connectivity index (χ2v) is 5.84. The van der Waals surface area contributed by atoms with Crippen LogP contribution < -0.4 is 15.2 Å². The van der Waals surface area contributed by atoms with Crippen molar-refractivity contribution in [2.45, 2.75) is 26.3 Å². The Kier molecular flexibility index (Phi) is 3.86. The number of fused-ring (bicyclic) bond motifs is 1. The number of nitrogens with two attached hydrogens (primary N) is 1. The van der Waals surface area contributed by atoms with Crippen LogP contribution in [0.2, 0.25) is 0 Å². The normalized spacial score (nSPS) is 13.8. The van der Waals surface area contributed by atoms with E-state index in [1.54, 1.807) is 0 Å². The molecular formula is C14H16BrN3O3. The van der Waals surface area contributed by atoms with Crippen LogP contribution in [-0.2, 0) is 6.54 Å². The van der Waals surface area contributed by atoms with Gasteiger partial charge in [-0.1, -0.05) is 19.0 Å². The van der Waals surface area contributed by atoms with Crippen LogP contribution in [0.5, 0.6) is 11.5 Å². The molecule has 0 saturated heterocycles. The van der Waals surface area contributed by atoms with E-state index in [-0.39, 0.29) is 12.5 Å². The lowest BCUT2D eigenvalue weighted by molar-refractivity contribution is 0.170. The first kappa shape index (κ1) is 14.3. The molecule has 2 aromatic rings. The third kappa shape index (κ3) is 2.51. The zero-order valence-electron chi connectivity index (χ0n) is 11.9. The molecule has 0 spiro atoms. The molecule has 0 fully saturated rings. The zero-order chi connectivity index (χ0) is 15.0. The molecule has 3 rings (SSSR count). The maximum absolute atomic E-state index is 5.71. The lowest BCUT2D eigenvalue weighted by atomic mass is 9.95. The van der Waals surface area contributed by atoms with Gasteiger partial charge in [0, 0.05) is 5.56 Å². The van der Waals surface area contributed by atoms with Gasteiger partial charge in [0.2, 0.25) is 11.7 Å². The highest BCUT2D eigenvalue weighted by Gasteiger charge is 2.25. The van der Waals surface area contributed by atoms with Gasteiger partial charge < -0.3 is 19.7 Å². The molecule has 2 N–H and O–H groups in total. The van der Waals surface area contributed by atoms with Crippen LogP contribution in [-0.4, -0.2) is 23.4 Å². The van der Waals surface area contributed by atoms with Gasteiger partial charge in [0.25, 0.3) is 0 Å². The number of hydrogen-bond donors (Lipinski definition) is 1. The topological polar surface area (TPSA) is 83.4 Å². The van der Waals surface area contributed by atoms with Crippen molar-refractivity contribution >= 4 is 15.9 Å². The molecule has 1 aliphatic rings. The first-order valence-corrected chi connectivity index (χ1v) is 7.56. The molecule has 6 nitrogen and oxygen atoms in total. The molecule has 21 heavy (non-hydrogen) atoms. The summed E-state index contributed by atoms with van der Waals surface area (Å²) in [6, 6.07) is 1.90. The Balaban J connectivity index is 2.20. The van der Waals surface area contributed by atoms with E-state index in [1.165, 1.54) is 0 Å². The van der Waals surface area contributed by atoms with Gasteiger partial charge in [0.1, 0.15) is 13.2 Å². The fraction of sp³-hybridized carbons (Fsp3) is 0.429. The molecular weight excluding hydrogens is 338 g/mol. The van der Waals surface area contributed by atoms with E-state index in [0.717, 1.165) is 21.3 Å². The van der Waals surface area contributed by atoms with Gasteiger partial charge in [-0.3, -0.25) is 0 Å². The first-order valence-electron chi connectivity index (χ1n) is 6.76. The fourth-order valence-electron chi connectivity index (χ4n) is 2.36. The average molecular weight is 354 g/mol. The summed E-state index contributed by atoms with van der Waals surface area (Å²) in [7, 11) is 0. The van der Waals surface area contributed by atoms with E-state index in [0.29, 0.717) is 30.7 Å². The van der Waals surface area contributed by atoms with Gasteiger partial charge in [-0.15, -0.1) is 0 Å². The van der Waals surface area contributed by atoms with Crippen LogP contribution in [0.15, 0.2) is 15.1 Å². The van der Waals surface area contributed by atoms with Crippen LogP contribution >= 0.6 is 15.9 Å². The highest BCUT2D eigenvalue weighted by Crippen LogP contribution is 2.46. The molecule has 112 valence electrons. The average Bonchev–Trinajstić information content (AvgIpc) is 2.95. The Labute approximate surface area is 130 Å². The summed E-state index contributed by atoms with van der Waals surface area (Å²) < 4.78 is 17.4. The van der Waals surface area contributed by atoms with E-state index >= 15 is 0 Å². The molecule has 2 heterocycles. The Morgan fingerprint density at radius 1 is 1.33 bits per heavy atom. The molecule has 0 aliphatic carbocycles. The summed E-state index contributed by atoms with van der Waals surface area (Å²) in [6.07, 6.45) is 0.